The number of aryl methyl sites for hydroxylation is 2. The van der Waals surface area contributed by atoms with Crippen LogP contribution in [0.25, 0.3) is 0 Å². The fraction of sp³-hybridized carbons (Fsp3) is 0.520. The molecule has 32 heavy (non-hydrogen) atoms. The maximum Gasteiger partial charge on any atom is 0.176 e. The number of aromatic amines is 1. The minimum atomic E-state index is -0.155. The van der Waals surface area contributed by atoms with Crippen molar-refractivity contribution >= 4 is 11.3 Å². The first-order chi connectivity index (χ1) is 15.3. The first-order valence-electron chi connectivity index (χ1n) is 11.4. The van der Waals surface area contributed by atoms with E-state index in [-0.39, 0.29) is 22.2 Å². The molecule has 1 aliphatic rings. The zero-order chi connectivity index (χ0) is 22.8. The lowest BCUT2D eigenvalue weighted by atomic mass is 9.76. The number of thiophene rings is 1. The number of aromatic nitrogens is 3. The van der Waals surface area contributed by atoms with Crippen LogP contribution in [0.4, 0.5) is 4.39 Å². The number of halogens is 1. The van der Waals surface area contributed by atoms with Crippen molar-refractivity contribution in [3.63, 3.8) is 0 Å². The van der Waals surface area contributed by atoms with Crippen LogP contribution >= 0.6 is 11.3 Å². The second-order valence-corrected chi connectivity index (χ2v) is 10.4. The Hall–Kier alpha value is -2.09. The number of pyridine rings is 1. The van der Waals surface area contributed by atoms with Crippen molar-refractivity contribution in [3.05, 3.63) is 69.9 Å². The van der Waals surface area contributed by atoms with Crippen LogP contribution in [0.5, 0.6) is 0 Å². The molecule has 0 aliphatic carbocycles. The van der Waals surface area contributed by atoms with Crippen LogP contribution in [0.15, 0.2) is 42.9 Å². The van der Waals surface area contributed by atoms with Crippen LogP contribution < -0.4 is 0 Å². The Labute approximate surface area is 194 Å². The zero-order valence-electron chi connectivity index (χ0n) is 19.4. The first-order valence-corrected chi connectivity index (χ1v) is 12.2. The van der Waals surface area contributed by atoms with Crippen molar-refractivity contribution in [2.75, 3.05) is 19.7 Å². The summed E-state index contributed by atoms with van der Waals surface area (Å²) >= 11 is 1.24. The molecule has 2 unspecified atom stereocenters. The molecule has 2 atom stereocenters. The highest BCUT2D eigenvalue weighted by atomic mass is 32.1. The summed E-state index contributed by atoms with van der Waals surface area (Å²) in [6, 6.07) is 7.74. The minimum absolute atomic E-state index is 0.121. The summed E-state index contributed by atoms with van der Waals surface area (Å²) in [7, 11) is 0. The molecule has 1 N–H and O–H groups in total. The van der Waals surface area contributed by atoms with Gasteiger partial charge < -0.3 is 9.72 Å². The molecule has 1 fully saturated rings. The number of likely N-dealkylation sites (tertiary alicyclic amines) is 1. The van der Waals surface area contributed by atoms with E-state index in [2.05, 4.69) is 45.8 Å². The maximum atomic E-state index is 13.6. The third-order valence-electron chi connectivity index (χ3n) is 6.95. The van der Waals surface area contributed by atoms with Crippen LogP contribution in [0.2, 0.25) is 0 Å². The van der Waals surface area contributed by atoms with Crippen molar-refractivity contribution in [1.82, 2.24) is 19.9 Å². The molecule has 4 heterocycles. The molecule has 3 aromatic heterocycles. The Morgan fingerprint density at radius 1 is 1.28 bits per heavy atom. The molecular weight excluding hydrogens is 423 g/mol. The van der Waals surface area contributed by atoms with Crippen LogP contribution in [-0.2, 0) is 16.7 Å². The van der Waals surface area contributed by atoms with E-state index in [1.165, 1.54) is 16.9 Å². The van der Waals surface area contributed by atoms with Gasteiger partial charge in [0.15, 0.2) is 5.13 Å². The second kappa shape index (κ2) is 9.41. The fourth-order valence-electron chi connectivity index (χ4n) is 4.93. The first kappa shape index (κ1) is 23.1. The predicted octanol–water partition coefficient (Wildman–Crippen LogP) is 5.65. The monoisotopic (exact) mass is 456 g/mol. The Balaban J connectivity index is 1.64. The van der Waals surface area contributed by atoms with Gasteiger partial charge in [0.2, 0.25) is 0 Å². The summed E-state index contributed by atoms with van der Waals surface area (Å²) in [4.78, 5) is 16.0. The SMILES string of the molecule is CCOC(c1ncc[nH]1)C1(CCc2ccc(F)s2)CCN(C(C)(C)c2ccc(C)nc2)C1. The molecule has 0 aromatic carbocycles. The molecule has 3 aromatic rings. The average Bonchev–Trinajstić information content (AvgIpc) is 3.53. The summed E-state index contributed by atoms with van der Waals surface area (Å²) in [5.74, 6) is 0.876. The lowest BCUT2D eigenvalue weighted by Gasteiger charge is -2.40. The predicted molar refractivity (Wildman–Crippen MR) is 126 cm³/mol. The highest BCUT2D eigenvalue weighted by Gasteiger charge is 2.49. The van der Waals surface area contributed by atoms with E-state index < -0.39 is 0 Å². The third-order valence-corrected chi connectivity index (χ3v) is 7.88. The number of nitrogens with one attached hydrogen (secondary N) is 1. The van der Waals surface area contributed by atoms with Crippen molar-refractivity contribution < 1.29 is 9.13 Å². The number of ether oxygens (including phenoxy) is 1. The standard InChI is InChI=1S/C25H33FN4OS/c1-5-31-22(23-27-13-14-28-23)25(11-10-20-8-9-21(26)32-20)12-15-30(17-25)24(3,4)19-7-6-18(2)29-16-19/h6-9,13-14,16,22H,5,10-12,15,17H2,1-4H3,(H,27,28). The highest BCUT2D eigenvalue weighted by molar-refractivity contribution is 7.10. The molecule has 4 rings (SSSR count). The lowest BCUT2D eigenvalue weighted by Crippen LogP contribution is -2.43. The van der Waals surface area contributed by atoms with Gasteiger partial charge in [-0.05, 0) is 77.3 Å². The minimum Gasteiger partial charge on any atom is -0.370 e. The van der Waals surface area contributed by atoms with Gasteiger partial charge in [0.05, 0.1) is 0 Å². The van der Waals surface area contributed by atoms with Gasteiger partial charge >= 0.3 is 0 Å². The van der Waals surface area contributed by atoms with Crippen molar-refractivity contribution in [1.29, 1.82) is 0 Å². The average molecular weight is 457 g/mol. The quantitative estimate of drug-likeness (QED) is 0.452. The van der Waals surface area contributed by atoms with Gasteiger partial charge in [-0.3, -0.25) is 9.88 Å². The van der Waals surface area contributed by atoms with Gasteiger partial charge in [-0.1, -0.05) is 6.07 Å². The smallest absolute Gasteiger partial charge is 0.176 e. The van der Waals surface area contributed by atoms with Crippen LogP contribution in [-0.4, -0.2) is 39.5 Å². The zero-order valence-corrected chi connectivity index (χ0v) is 20.2. The molecule has 0 radical (unpaired) electrons. The largest absolute Gasteiger partial charge is 0.370 e. The molecule has 0 spiro atoms. The molecule has 0 amide bonds. The fourth-order valence-corrected chi connectivity index (χ4v) is 5.65. The number of nitrogens with zero attached hydrogens (tertiary/aromatic N) is 3. The third kappa shape index (κ3) is 4.65. The molecule has 1 aliphatic heterocycles. The summed E-state index contributed by atoms with van der Waals surface area (Å²) < 4.78 is 20.0. The molecule has 7 heteroatoms. The van der Waals surface area contributed by atoms with E-state index in [0.717, 1.165) is 48.7 Å². The second-order valence-electron chi connectivity index (χ2n) is 9.30. The van der Waals surface area contributed by atoms with E-state index in [0.29, 0.717) is 6.61 Å². The Morgan fingerprint density at radius 2 is 2.12 bits per heavy atom. The number of H-pyrrole nitrogens is 1. The molecule has 0 bridgehead atoms. The lowest BCUT2D eigenvalue weighted by molar-refractivity contribution is -0.0482. The van der Waals surface area contributed by atoms with Crippen LogP contribution in [0, 0.1) is 17.5 Å². The molecule has 5 nitrogen and oxygen atoms in total. The maximum absolute atomic E-state index is 13.6. The van der Waals surface area contributed by atoms with Gasteiger partial charge in [-0.25, -0.2) is 4.98 Å². The Kier molecular flexibility index (Phi) is 6.79. The Bertz CT molecular complexity index is 1000. The van der Waals surface area contributed by atoms with Crippen LogP contribution in [0.1, 0.15) is 61.7 Å². The van der Waals surface area contributed by atoms with E-state index in [1.54, 1.807) is 12.3 Å². The van der Waals surface area contributed by atoms with E-state index in [4.69, 9.17) is 4.74 Å². The van der Waals surface area contributed by atoms with Crippen molar-refractivity contribution in [3.8, 4) is 0 Å². The molecule has 1 saturated heterocycles. The molecule has 0 saturated carbocycles. The summed E-state index contributed by atoms with van der Waals surface area (Å²) in [5.41, 5.74) is 1.96. The molecular formula is C25H33FN4OS. The van der Waals surface area contributed by atoms with Crippen molar-refractivity contribution in [2.45, 2.75) is 58.6 Å². The van der Waals surface area contributed by atoms with E-state index in [9.17, 15) is 4.39 Å². The topological polar surface area (TPSA) is 54.0 Å². The highest BCUT2D eigenvalue weighted by Crippen LogP contribution is 2.50. The van der Waals surface area contributed by atoms with Crippen LogP contribution in [0.3, 0.4) is 0 Å². The molecule has 172 valence electrons. The van der Waals surface area contributed by atoms with Gasteiger partial charge in [0.1, 0.15) is 11.9 Å². The number of imidazole rings is 1. The van der Waals surface area contributed by atoms with Gasteiger partial charge in [0, 0.05) is 53.3 Å². The van der Waals surface area contributed by atoms with Gasteiger partial charge in [-0.15, -0.1) is 11.3 Å². The summed E-state index contributed by atoms with van der Waals surface area (Å²) in [6.45, 7) is 11.1. The van der Waals surface area contributed by atoms with Gasteiger partial charge in [0.25, 0.3) is 0 Å². The number of hydrogen-bond acceptors (Lipinski definition) is 5. The number of hydrogen-bond donors (Lipinski definition) is 1. The Morgan fingerprint density at radius 3 is 2.75 bits per heavy atom. The summed E-state index contributed by atoms with van der Waals surface area (Å²) in [6.07, 6.45) is 8.25. The van der Waals surface area contributed by atoms with Crippen molar-refractivity contribution in [2.24, 2.45) is 5.41 Å². The van der Waals surface area contributed by atoms with E-state index >= 15 is 0 Å². The normalized spacial score (nSPS) is 20.7. The summed E-state index contributed by atoms with van der Waals surface area (Å²) in [5, 5.41) is -0.123. The van der Waals surface area contributed by atoms with Gasteiger partial charge in [-0.2, -0.15) is 4.39 Å². The number of rotatable bonds is 9. The van der Waals surface area contributed by atoms with E-state index in [1.807, 2.05) is 32.3 Å².